The Hall–Kier alpha value is -2.63. The molecule has 3 saturated carbocycles. The van der Waals surface area contributed by atoms with Crippen molar-refractivity contribution >= 4 is 17.7 Å². The highest BCUT2D eigenvalue weighted by atomic mass is 16.6. The van der Waals surface area contributed by atoms with Crippen molar-refractivity contribution < 1.29 is 49.0 Å². The van der Waals surface area contributed by atoms with Crippen molar-refractivity contribution in [2.75, 3.05) is 6.61 Å². The third-order valence-electron chi connectivity index (χ3n) is 12.1. The van der Waals surface area contributed by atoms with Gasteiger partial charge in [-0.15, -0.1) is 0 Å². The van der Waals surface area contributed by atoms with Crippen LogP contribution in [-0.4, -0.2) is 85.5 Å². The van der Waals surface area contributed by atoms with Crippen molar-refractivity contribution in [1.29, 1.82) is 0 Å². The molecule has 12 unspecified atom stereocenters. The van der Waals surface area contributed by atoms with Crippen LogP contribution in [-0.2, 0) is 28.6 Å². The second-order valence-electron chi connectivity index (χ2n) is 14.9. The van der Waals surface area contributed by atoms with Gasteiger partial charge in [0.1, 0.15) is 23.4 Å². The normalized spacial score (nSPS) is 43.5. The van der Waals surface area contributed by atoms with Crippen molar-refractivity contribution in [3.63, 3.8) is 0 Å². The maximum Gasteiger partial charge on any atom is 0.331 e. The first-order valence-corrected chi connectivity index (χ1v) is 17.2. The first-order valence-electron chi connectivity index (χ1n) is 17.2. The smallest absolute Gasteiger partial charge is 0.331 e. The molecule has 0 bridgehead atoms. The van der Waals surface area contributed by atoms with Crippen LogP contribution in [0.2, 0.25) is 0 Å². The van der Waals surface area contributed by atoms with Gasteiger partial charge in [-0.1, -0.05) is 97.8 Å². The van der Waals surface area contributed by atoms with Crippen LogP contribution in [0.1, 0.15) is 80.6 Å². The third-order valence-corrected chi connectivity index (χ3v) is 12.1. The SMILES string of the molecule is CCCCCC=CC=CC=CC(=O)OC1C(C)C2(O)C3=CC(C)C(=O)C3(O)C(O)C3(CO)OC3C2C2C(C)(C)C12OC(=O)C(C)CC. The number of hydrogen-bond acceptors (Lipinski definition) is 10. The van der Waals surface area contributed by atoms with Crippen LogP contribution in [0.5, 0.6) is 0 Å². The van der Waals surface area contributed by atoms with Gasteiger partial charge in [0.15, 0.2) is 17.0 Å². The molecular formula is C37H52O10. The highest BCUT2D eigenvalue weighted by Gasteiger charge is 2.93. The summed E-state index contributed by atoms with van der Waals surface area (Å²) < 4.78 is 18.5. The molecule has 10 nitrogen and oxygen atoms in total. The molecule has 4 aliphatic carbocycles. The van der Waals surface area contributed by atoms with Crippen LogP contribution < -0.4 is 0 Å². The first kappa shape index (κ1) is 35.7. The lowest BCUT2D eigenvalue weighted by atomic mass is 9.60. The molecule has 0 aromatic carbocycles. The van der Waals surface area contributed by atoms with E-state index >= 15 is 0 Å². The average molecular weight is 657 g/mol. The third kappa shape index (κ3) is 4.96. The quantitative estimate of drug-likeness (QED) is 0.0611. The molecule has 1 heterocycles. The largest absolute Gasteiger partial charge is 0.454 e. The lowest BCUT2D eigenvalue weighted by molar-refractivity contribution is -0.214. The molecule has 0 radical (unpaired) electrons. The van der Waals surface area contributed by atoms with E-state index in [9.17, 15) is 34.8 Å². The predicted octanol–water partition coefficient (Wildman–Crippen LogP) is 3.51. The van der Waals surface area contributed by atoms with Crippen molar-refractivity contribution in [2.24, 2.45) is 35.0 Å². The molecule has 1 aliphatic heterocycles. The number of esters is 2. The monoisotopic (exact) mass is 656 g/mol. The Balaban J connectivity index is 1.55. The molecule has 5 aliphatic rings. The fourth-order valence-electron chi connectivity index (χ4n) is 9.06. The summed E-state index contributed by atoms with van der Waals surface area (Å²) in [5.74, 6) is -5.91. The van der Waals surface area contributed by atoms with E-state index in [1.165, 1.54) is 18.6 Å². The summed E-state index contributed by atoms with van der Waals surface area (Å²) in [6.07, 6.45) is 12.6. The van der Waals surface area contributed by atoms with E-state index in [1.807, 2.05) is 32.9 Å². The molecule has 0 aromatic rings. The van der Waals surface area contributed by atoms with E-state index in [-0.39, 0.29) is 5.57 Å². The van der Waals surface area contributed by atoms with E-state index in [4.69, 9.17) is 14.2 Å². The van der Waals surface area contributed by atoms with E-state index in [1.54, 1.807) is 32.9 Å². The highest BCUT2D eigenvalue weighted by Crippen LogP contribution is 2.79. The fourth-order valence-corrected chi connectivity index (χ4v) is 9.06. The zero-order valence-corrected chi connectivity index (χ0v) is 28.6. The van der Waals surface area contributed by atoms with Crippen LogP contribution in [0.25, 0.3) is 0 Å². The highest BCUT2D eigenvalue weighted by molar-refractivity contribution is 5.98. The van der Waals surface area contributed by atoms with Crippen LogP contribution in [0.4, 0.5) is 0 Å². The molecule has 10 heteroatoms. The summed E-state index contributed by atoms with van der Waals surface area (Å²) in [5, 5.41) is 47.1. The Morgan fingerprint density at radius 1 is 1.09 bits per heavy atom. The number of hydrogen-bond donors (Lipinski definition) is 4. The minimum Gasteiger partial charge on any atom is -0.454 e. The van der Waals surface area contributed by atoms with Gasteiger partial charge in [0.25, 0.3) is 0 Å². The number of aliphatic hydroxyl groups excluding tert-OH is 2. The number of ether oxygens (including phenoxy) is 3. The second kappa shape index (κ2) is 12.4. The molecular weight excluding hydrogens is 604 g/mol. The molecule has 0 aromatic heterocycles. The van der Waals surface area contributed by atoms with Crippen molar-refractivity contribution in [2.45, 2.75) is 121 Å². The molecule has 260 valence electrons. The maximum atomic E-state index is 13.5. The van der Waals surface area contributed by atoms with E-state index in [0.717, 1.165) is 19.3 Å². The van der Waals surface area contributed by atoms with E-state index < -0.39 is 100 Å². The fraction of sp³-hybridized carbons (Fsp3) is 0.703. The van der Waals surface area contributed by atoms with Gasteiger partial charge in [-0.3, -0.25) is 9.59 Å². The summed E-state index contributed by atoms with van der Waals surface area (Å²) in [6.45, 7) is 12.0. The molecule has 12 atom stereocenters. The molecule has 1 saturated heterocycles. The molecule has 5 rings (SSSR count). The lowest BCUT2D eigenvalue weighted by Gasteiger charge is -2.51. The number of fused-ring (bicyclic) bond motifs is 7. The van der Waals surface area contributed by atoms with Gasteiger partial charge in [-0.2, -0.15) is 0 Å². The van der Waals surface area contributed by atoms with Crippen LogP contribution in [0.3, 0.4) is 0 Å². The summed E-state index contributed by atoms with van der Waals surface area (Å²) >= 11 is 0. The Bertz CT molecular complexity index is 1390. The van der Waals surface area contributed by atoms with Gasteiger partial charge in [-0.05, 0) is 19.3 Å². The number of rotatable bonds is 12. The summed E-state index contributed by atoms with van der Waals surface area (Å²) in [6, 6.07) is 0. The van der Waals surface area contributed by atoms with Crippen LogP contribution >= 0.6 is 0 Å². The standard InChI is InChI=1S/C37H52O10/c1-8-10-11-12-13-14-15-16-17-18-25(39)45-29-23(5)35(43)24-19-22(4)28(40)36(24,44)32(42)34(20-38)30(46-34)26(35)27-33(6,7)37(27,29)47-31(41)21(3)9-2/h13-19,21-23,26-27,29-30,32,38,42-44H,8-12,20H2,1-7H3. The zero-order valence-electron chi connectivity index (χ0n) is 28.6. The van der Waals surface area contributed by atoms with Crippen molar-refractivity contribution in [1.82, 2.24) is 0 Å². The minimum atomic E-state index is -2.55. The Labute approximate surface area is 277 Å². The van der Waals surface area contributed by atoms with Crippen LogP contribution in [0.15, 0.2) is 48.1 Å². The molecule has 4 fully saturated rings. The molecule has 0 amide bonds. The average Bonchev–Trinajstić information content (AvgIpc) is 3.86. The summed E-state index contributed by atoms with van der Waals surface area (Å²) in [4.78, 5) is 40.4. The number of allylic oxidation sites excluding steroid dienone is 6. The van der Waals surface area contributed by atoms with Crippen LogP contribution in [0, 0.1) is 35.0 Å². The number of Topliss-reactive ketones (excluding diaryl/α,β-unsaturated/α-hetero) is 1. The predicted molar refractivity (Wildman–Crippen MR) is 172 cm³/mol. The van der Waals surface area contributed by atoms with Crippen molar-refractivity contribution in [3.05, 3.63) is 48.1 Å². The summed E-state index contributed by atoms with van der Waals surface area (Å²) in [7, 11) is 0. The number of epoxide rings is 1. The van der Waals surface area contributed by atoms with E-state index in [0.29, 0.717) is 6.42 Å². The molecule has 47 heavy (non-hydrogen) atoms. The van der Waals surface area contributed by atoms with Gasteiger partial charge in [-0.25, -0.2) is 4.79 Å². The second-order valence-corrected chi connectivity index (χ2v) is 14.9. The van der Waals surface area contributed by atoms with E-state index in [2.05, 4.69) is 13.0 Å². The molecule has 0 spiro atoms. The Morgan fingerprint density at radius 2 is 1.77 bits per heavy atom. The van der Waals surface area contributed by atoms with Gasteiger partial charge in [0.2, 0.25) is 0 Å². The number of ketones is 1. The van der Waals surface area contributed by atoms with Gasteiger partial charge in [0.05, 0.1) is 18.6 Å². The number of aliphatic hydroxyl groups is 4. The van der Waals surface area contributed by atoms with Gasteiger partial charge < -0.3 is 34.6 Å². The minimum absolute atomic E-state index is 0.0917. The Morgan fingerprint density at radius 3 is 2.40 bits per heavy atom. The summed E-state index contributed by atoms with van der Waals surface area (Å²) in [5.41, 5.74) is -8.70. The number of carbonyl (C=O) groups excluding carboxylic acids is 3. The Kier molecular flexibility index (Phi) is 9.38. The number of unbranched alkanes of at least 4 members (excludes halogenated alkanes) is 3. The first-order chi connectivity index (χ1) is 22.1. The van der Waals surface area contributed by atoms with Gasteiger partial charge >= 0.3 is 11.9 Å². The zero-order chi connectivity index (χ0) is 34.7. The molecule has 4 N–H and O–H groups in total. The van der Waals surface area contributed by atoms with Gasteiger partial charge in [0, 0.05) is 40.7 Å². The van der Waals surface area contributed by atoms with Crippen molar-refractivity contribution in [3.8, 4) is 0 Å². The maximum absolute atomic E-state index is 13.5. The number of carbonyl (C=O) groups is 3. The lowest BCUT2D eigenvalue weighted by Crippen LogP contribution is -2.66. The topological polar surface area (TPSA) is 163 Å².